The smallest absolute Gasteiger partial charge is 0.245 e. The average molecular weight is 276 g/mol. The van der Waals surface area contributed by atoms with Crippen LogP contribution in [0.4, 0.5) is 5.95 Å². The first-order valence-corrected chi connectivity index (χ1v) is 6.38. The van der Waals surface area contributed by atoms with Crippen molar-refractivity contribution in [2.24, 2.45) is 0 Å². The highest BCUT2D eigenvalue weighted by Gasteiger charge is 2.28. The lowest BCUT2D eigenvalue weighted by Crippen LogP contribution is -2.38. The van der Waals surface area contributed by atoms with E-state index in [1.807, 2.05) is 4.57 Å². The second-order valence-electron chi connectivity index (χ2n) is 4.86. The van der Waals surface area contributed by atoms with Crippen molar-refractivity contribution < 1.29 is 9.53 Å². The van der Waals surface area contributed by atoms with Crippen LogP contribution in [0.1, 0.15) is 18.9 Å². The molecule has 0 aromatic carbocycles. The van der Waals surface area contributed by atoms with E-state index in [9.17, 15) is 4.79 Å². The number of piperidine rings is 1. The monoisotopic (exact) mass is 276 g/mol. The normalized spacial score (nSPS) is 19.6. The second kappa shape index (κ2) is 4.62. The number of methoxy groups -OCH3 is 1. The van der Waals surface area contributed by atoms with E-state index in [1.54, 1.807) is 11.9 Å². The van der Waals surface area contributed by atoms with Crippen LogP contribution in [0.2, 0.25) is 0 Å². The number of amides is 1. The lowest BCUT2D eigenvalue weighted by molar-refractivity contribution is -0.132. The molecule has 3 rings (SSSR count). The Hall–Kier alpha value is -2.38. The van der Waals surface area contributed by atoms with Crippen molar-refractivity contribution in [1.82, 2.24) is 24.4 Å². The number of nitrogens with zero attached hydrogens (tertiary/aromatic N) is 5. The van der Waals surface area contributed by atoms with E-state index in [1.165, 1.54) is 13.4 Å². The minimum Gasteiger partial charge on any atom is -0.479 e. The number of hydrogen-bond donors (Lipinski definition) is 1. The van der Waals surface area contributed by atoms with Gasteiger partial charge in [-0.15, -0.1) is 0 Å². The number of carbonyl (C=O) groups is 1. The maximum atomic E-state index is 11.6. The Balaban J connectivity index is 2.08. The molecule has 0 aliphatic carbocycles. The summed E-state index contributed by atoms with van der Waals surface area (Å²) in [5.41, 5.74) is 7.20. The zero-order valence-corrected chi connectivity index (χ0v) is 11.4. The first kappa shape index (κ1) is 12.6. The van der Waals surface area contributed by atoms with E-state index in [4.69, 9.17) is 10.5 Å². The fourth-order valence-corrected chi connectivity index (χ4v) is 2.62. The molecule has 0 saturated carbocycles. The van der Waals surface area contributed by atoms with Gasteiger partial charge in [-0.3, -0.25) is 9.36 Å². The van der Waals surface area contributed by atoms with Crippen LogP contribution in [0.5, 0.6) is 5.88 Å². The number of fused-ring (bicyclic) bond motifs is 1. The van der Waals surface area contributed by atoms with E-state index >= 15 is 0 Å². The lowest BCUT2D eigenvalue weighted by Gasteiger charge is -2.30. The van der Waals surface area contributed by atoms with Crippen molar-refractivity contribution in [3.05, 3.63) is 6.33 Å². The molecule has 20 heavy (non-hydrogen) atoms. The first-order chi connectivity index (χ1) is 9.61. The quantitative estimate of drug-likeness (QED) is 0.841. The summed E-state index contributed by atoms with van der Waals surface area (Å²) in [7, 11) is 3.32. The third-order valence-corrected chi connectivity index (χ3v) is 3.63. The maximum absolute atomic E-state index is 11.6. The molecule has 1 amide bonds. The standard InChI is InChI=1S/C12H16N6O2/c1-17-5-7(3-4-8(17)19)18-10-9(16-12(18)13)11(20-2)15-6-14-10/h6-7H,3-5H2,1-2H3,(H2,13,16). The zero-order chi connectivity index (χ0) is 14.3. The number of aromatic nitrogens is 4. The Kier molecular flexibility index (Phi) is 2.92. The number of nitrogens with two attached hydrogens (primary N) is 1. The van der Waals surface area contributed by atoms with Crippen LogP contribution in [-0.4, -0.2) is 51.0 Å². The summed E-state index contributed by atoms with van der Waals surface area (Å²) in [6, 6.07) is 0.0716. The van der Waals surface area contributed by atoms with Gasteiger partial charge in [0.05, 0.1) is 13.2 Å². The van der Waals surface area contributed by atoms with E-state index in [-0.39, 0.29) is 11.9 Å². The van der Waals surface area contributed by atoms with E-state index in [0.29, 0.717) is 36.0 Å². The highest BCUT2D eigenvalue weighted by molar-refractivity contribution is 5.80. The molecule has 1 fully saturated rings. The molecule has 0 radical (unpaired) electrons. The summed E-state index contributed by atoms with van der Waals surface area (Å²) in [6.07, 6.45) is 2.66. The van der Waals surface area contributed by atoms with Crippen molar-refractivity contribution in [2.75, 3.05) is 26.4 Å². The van der Waals surface area contributed by atoms with Crippen LogP contribution < -0.4 is 10.5 Å². The molecule has 0 spiro atoms. The Labute approximate surface area is 115 Å². The summed E-state index contributed by atoms with van der Waals surface area (Å²) in [5.74, 6) is 0.920. The van der Waals surface area contributed by atoms with Crippen molar-refractivity contribution in [2.45, 2.75) is 18.9 Å². The molecule has 106 valence electrons. The molecular formula is C12H16N6O2. The van der Waals surface area contributed by atoms with Crippen LogP contribution in [0, 0.1) is 0 Å². The van der Waals surface area contributed by atoms with Gasteiger partial charge in [0.2, 0.25) is 17.7 Å². The SMILES string of the molecule is COc1ncnc2c1nc(N)n2C1CCC(=O)N(C)C1. The number of nitrogen functional groups attached to an aromatic ring is 1. The predicted octanol–water partition coefficient (Wildman–Crippen LogP) is 0.210. The maximum Gasteiger partial charge on any atom is 0.245 e. The first-order valence-electron chi connectivity index (χ1n) is 6.38. The van der Waals surface area contributed by atoms with E-state index in [0.717, 1.165) is 6.42 Å². The van der Waals surface area contributed by atoms with Gasteiger partial charge in [0.1, 0.15) is 6.33 Å². The van der Waals surface area contributed by atoms with Gasteiger partial charge in [0.15, 0.2) is 11.2 Å². The Bertz CT molecular complexity index is 667. The third kappa shape index (κ3) is 1.84. The molecule has 2 N–H and O–H groups in total. The van der Waals surface area contributed by atoms with Gasteiger partial charge in [-0.2, -0.15) is 4.98 Å². The fraction of sp³-hybridized carbons (Fsp3) is 0.500. The van der Waals surface area contributed by atoms with Crippen LogP contribution >= 0.6 is 0 Å². The zero-order valence-electron chi connectivity index (χ0n) is 11.4. The molecule has 1 unspecified atom stereocenters. The van der Waals surface area contributed by atoms with Crippen LogP contribution in [0.15, 0.2) is 6.33 Å². The van der Waals surface area contributed by atoms with Crippen molar-refractivity contribution in [1.29, 1.82) is 0 Å². The molecule has 1 aliphatic rings. The summed E-state index contributed by atoms with van der Waals surface area (Å²) in [4.78, 5) is 25.9. The van der Waals surface area contributed by atoms with Gasteiger partial charge >= 0.3 is 0 Å². The Morgan fingerprint density at radius 1 is 1.45 bits per heavy atom. The van der Waals surface area contributed by atoms with Crippen LogP contribution in [-0.2, 0) is 4.79 Å². The summed E-state index contributed by atoms with van der Waals surface area (Å²) < 4.78 is 7.04. The topological polar surface area (TPSA) is 99.2 Å². The lowest BCUT2D eigenvalue weighted by atomic mass is 10.1. The van der Waals surface area contributed by atoms with Crippen molar-refractivity contribution in [3.63, 3.8) is 0 Å². The summed E-state index contributed by atoms with van der Waals surface area (Å²) >= 11 is 0. The number of imidazole rings is 1. The van der Waals surface area contributed by atoms with Gasteiger partial charge < -0.3 is 15.4 Å². The molecular weight excluding hydrogens is 260 g/mol. The van der Waals surface area contributed by atoms with Gasteiger partial charge in [-0.05, 0) is 6.42 Å². The minimum atomic E-state index is 0.0716. The highest BCUT2D eigenvalue weighted by Crippen LogP contribution is 2.30. The van der Waals surface area contributed by atoms with Gasteiger partial charge in [0, 0.05) is 20.0 Å². The molecule has 1 atom stereocenters. The molecule has 2 aromatic rings. The predicted molar refractivity (Wildman–Crippen MR) is 72.2 cm³/mol. The van der Waals surface area contributed by atoms with Crippen LogP contribution in [0.3, 0.4) is 0 Å². The number of ether oxygens (including phenoxy) is 1. The molecule has 2 aromatic heterocycles. The van der Waals surface area contributed by atoms with E-state index in [2.05, 4.69) is 15.0 Å². The van der Waals surface area contributed by atoms with Gasteiger partial charge in [-0.25, -0.2) is 9.97 Å². The number of likely N-dealkylation sites (tertiary alicyclic amines) is 1. The van der Waals surface area contributed by atoms with E-state index < -0.39 is 0 Å². The Morgan fingerprint density at radius 3 is 2.95 bits per heavy atom. The molecule has 3 heterocycles. The summed E-state index contributed by atoms with van der Waals surface area (Å²) in [5, 5.41) is 0. The molecule has 1 aliphatic heterocycles. The highest BCUT2D eigenvalue weighted by atomic mass is 16.5. The molecule has 8 heteroatoms. The fourth-order valence-electron chi connectivity index (χ4n) is 2.62. The minimum absolute atomic E-state index is 0.0716. The molecule has 0 bridgehead atoms. The molecule has 8 nitrogen and oxygen atoms in total. The van der Waals surface area contributed by atoms with Crippen molar-refractivity contribution in [3.8, 4) is 5.88 Å². The number of rotatable bonds is 2. The average Bonchev–Trinajstić information content (AvgIpc) is 2.78. The van der Waals surface area contributed by atoms with Crippen molar-refractivity contribution >= 4 is 23.0 Å². The number of anilines is 1. The third-order valence-electron chi connectivity index (χ3n) is 3.63. The second-order valence-corrected chi connectivity index (χ2v) is 4.86. The number of likely N-dealkylation sites (N-methyl/N-ethyl adjacent to an activating group) is 1. The molecule has 1 saturated heterocycles. The van der Waals surface area contributed by atoms with Crippen LogP contribution in [0.25, 0.3) is 11.2 Å². The largest absolute Gasteiger partial charge is 0.479 e. The van der Waals surface area contributed by atoms with Gasteiger partial charge in [0.25, 0.3) is 0 Å². The Morgan fingerprint density at radius 2 is 2.25 bits per heavy atom. The number of hydrogen-bond acceptors (Lipinski definition) is 6. The van der Waals surface area contributed by atoms with Gasteiger partial charge in [-0.1, -0.05) is 0 Å². The number of carbonyl (C=O) groups excluding carboxylic acids is 1. The summed E-state index contributed by atoms with van der Waals surface area (Å²) in [6.45, 7) is 0.598.